The Morgan fingerprint density at radius 2 is 1.74 bits per heavy atom. The Bertz CT molecular complexity index is 438. The number of hydrogen-bond donors (Lipinski definition) is 2. The molecule has 1 rings (SSSR count). The Balaban J connectivity index is 0.00000324. The molecule has 1 atom stereocenters. The maximum atomic E-state index is 13.1. The first kappa shape index (κ1) is 18.4. The predicted molar refractivity (Wildman–Crippen MR) is 62.7 cm³/mol. The number of halogens is 7. The average Bonchev–Trinajstić information content (AvgIpc) is 2.27. The fraction of sp³-hybridized carbons (Fsp3) is 0.400. The topological polar surface area (TPSA) is 46.2 Å². The summed E-state index contributed by atoms with van der Waals surface area (Å²) in [5.74, 6) is -3.71. The molecule has 0 amide bonds. The first-order valence-electron chi connectivity index (χ1n) is 4.70. The van der Waals surface area contributed by atoms with Gasteiger partial charge >= 0.3 is 6.18 Å². The van der Waals surface area contributed by atoms with Crippen LogP contribution < -0.4 is 5.73 Å². The molecule has 0 aromatic heterocycles. The van der Waals surface area contributed by atoms with Crippen molar-refractivity contribution in [3.8, 4) is 0 Å². The molecule has 0 bridgehead atoms. The predicted octanol–water partition coefficient (Wildman–Crippen LogP) is 3.41. The van der Waals surface area contributed by atoms with E-state index >= 15 is 0 Å². The van der Waals surface area contributed by atoms with Crippen LogP contribution in [0.4, 0.5) is 22.0 Å². The van der Waals surface area contributed by atoms with Crippen molar-refractivity contribution >= 4 is 24.0 Å². The SMILES string of the molecule is Cl.N[C@H](c1ccc(Cl)c(C(F)(F)F)c1)C(F)(F)CO. The molecule has 0 spiro atoms. The summed E-state index contributed by atoms with van der Waals surface area (Å²) in [6, 6.07) is 0.218. The highest BCUT2D eigenvalue weighted by molar-refractivity contribution is 6.31. The third-order valence-corrected chi connectivity index (χ3v) is 2.65. The third-order valence-electron chi connectivity index (χ3n) is 2.32. The number of aliphatic hydroxyl groups excluding tert-OH is 1. The van der Waals surface area contributed by atoms with Crippen LogP contribution in [0.3, 0.4) is 0 Å². The molecular weight excluding hydrogens is 316 g/mol. The lowest BCUT2D eigenvalue weighted by molar-refractivity contribution is -0.137. The number of benzene rings is 1. The molecule has 1 aromatic carbocycles. The quantitative estimate of drug-likeness (QED) is 0.836. The van der Waals surface area contributed by atoms with Crippen molar-refractivity contribution < 1.29 is 27.1 Å². The van der Waals surface area contributed by atoms with E-state index in [1.54, 1.807) is 0 Å². The van der Waals surface area contributed by atoms with Crippen LogP contribution in [0, 0.1) is 0 Å². The molecule has 0 unspecified atom stereocenters. The summed E-state index contributed by atoms with van der Waals surface area (Å²) >= 11 is 5.34. The molecule has 0 radical (unpaired) electrons. The second-order valence-electron chi connectivity index (χ2n) is 3.63. The van der Waals surface area contributed by atoms with Crippen LogP contribution in [0.25, 0.3) is 0 Å². The van der Waals surface area contributed by atoms with Gasteiger partial charge in [-0.2, -0.15) is 13.2 Å². The van der Waals surface area contributed by atoms with E-state index in [1.807, 2.05) is 0 Å². The van der Waals surface area contributed by atoms with Gasteiger partial charge in [-0.3, -0.25) is 0 Å². The minimum Gasteiger partial charge on any atom is -0.390 e. The summed E-state index contributed by atoms with van der Waals surface area (Å²) in [6.45, 7) is -1.56. The van der Waals surface area contributed by atoms with Gasteiger partial charge in [0.25, 0.3) is 5.92 Å². The van der Waals surface area contributed by atoms with Gasteiger partial charge in [0, 0.05) is 0 Å². The van der Waals surface area contributed by atoms with Crippen molar-refractivity contribution in [1.82, 2.24) is 0 Å². The van der Waals surface area contributed by atoms with Crippen molar-refractivity contribution in [2.75, 3.05) is 6.61 Å². The smallest absolute Gasteiger partial charge is 0.390 e. The second kappa shape index (κ2) is 6.21. The Hall–Kier alpha value is -0.630. The van der Waals surface area contributed by atoms with Crippen LogP contribution in [0.2, 0.25) is 5.02 Å². The van der Waals surface area contributed by atoms with Gasteiger partial charge in [0.2, 0.25) is 0 Å². The highest BCUT2D eigenvalue weighted by Crippen LogP contribution is 2.37. The van der Waals surface area contributed by atoms with E-state index < -0.39 is 40.9 Å². The Labute approximate surface area is 116 Å². The zero-order chi connectivity index (χ0) is 14.1. The van der Waals surface area contributed by atoms with Crippen molar-refractivity contribution in [3.05, 3.63) is 34.3 Å². The van der Waals surface area contributed by atoms with E-state index in [0.29, 0.717) is 6.07 Å². The van der Waals surface area contributed by atoms with E-state index in [0.717, 1.165) is 12.1 Å². The van der Waals surface area contributed by atoms with E-state index in [1.165, 1.54) is 0 Å². The highest BCUT2D eigenvalue weighted by Gasteiger charge is 2.39. The van der Waals surface area contributed by atoms with Gasteiger partial charge in [0.05, 0.1) is 16.6 Å². The first-order valence-corrected chi connectivity index (χ1v) is 5.08. The lowest BCUT2D eigenvalue weighted by Gasteiger charge is -2.22. The maximum absolute atomic E-state index is 13.1. The molecule has 2 nitrogen and oxygen atoms in total. The fourth-order valence-electron chi connectivity index (χ4n) is 1.30. The van der Waals surface area contributed by atoms with Crippen LogP contribution in [-0.2, 0) is 6.18 Å². The molecule has 0 heterocycles. The van der Waals surface area contributed by atoms with E-state index in [9.17, 15) is 22.0 Å². The first-order chi connectivity index (χ1) is 8.09. The van der Waals surface area contributed by atoms with Gasteiger partial charge in [-0.25, -0.2) is 8.78 Å². The van der Waals surface area contributed by atoms with Gasteiger partial charge in [-0.15, -0.1) is 12.4 Å². The molecule has 0 fully saturated rings. The third kappa shape index (κ3) is 4.17. The molecule has 1 aromatic rings. The normalized spacial score (nSPS) is 13.9. The van der Waals surface area contributed by atoms with Crippen molar-refractivity contribution in [2.45, 2.75) is 18.1 Å². The van der Waals surface area contributed by atoms with Crippen LogP contribution >= 0.6 is 24.0 Å². The number of hydrogen-bond acceptors (Lipinski definition) is 2. The Kier molecular flexibility index (Phi) is 6.01. The molecule has 9 heteroatoms. The molecule has 19 heavy (non-hydrogen) atoms. The lowest BCUT2D eigenvalue weighted by atomic mass is 9.99. The molecule has 0 aliphatic rings. The minimum absolute atomic E-state index is 0. The lowest BCUT2D eigenvalue weighted by Crippen LogP contribution is -2.36. The number of alkyl halides is 5. The van der Waals surface area contributed by atoms with E-state index in [4.69, 9.17) is 22.4 Å². The van der Waals surface area contributed by atoms with Gasteiger partial charge in [0.1, 0.15) is 6.61 Å². The minimum atomic E-state index is -4.76. The summed E-state index contributed by atoms with van der Waals surface area (Å²) < 4.78 is 63.7. The highest BCUT2D eigenvalue weighted by atomic mass is 35.5. The van der Waals surface area contributed by atoms with Crippen LogP contribution in [0.15, 0.2) is 18.2 Å². The summed E-state index contributed by atoms with van der Waals surface area (Å²) in [4.78, 5) is 0. The van der Waals surface area contributed by atoms with Crippen molar-refractivity contribution in [3.63, 3.8) is 0 Å². The summed E-state index contributed by atoms with van der Waals surface area (Å²) in [5, 5.41) is 7.83. The van der Waals surface area contributed by atoms with E-state index in [2.05, 4.69) is 0 Å². The van der Waals surface area contributed by atoms with Gasteiger partial charge < -0.3 is 10.8 Å². The number of rotatable bonds is 3. The molecule has 0 aliphatic heterocycles. The van der Waals surface area contributed by atoms with Crippen LogP contribution in [0.1, 0.15) is 17.2 Å². The van der Waals surface area contributed by atoms with Crippen LogP contribution in [0.5, 0.6) is 0 Å². The summed E-state index contributed by atoms with van der Waals surface area (Å²) in [6.07, 6.45) is -4.76. The van der Waals surface area contributed by atoms with Gasteiger partial charge in [-0.05, 0) is 17.7 Å². The molecule has 0 saturated heterocycles. The van der Waals surface area contributed by atoms with Gasteiger partial charge in [-0.1, -0.05) is 17.7 Å². The van der Waals surface area contributed by atoms with E-state index in [-0.39, 0.29) is 12.4 Å². The Morgan fingerprint density at radius 1 is 1.21 bits per heavy atom. The molecule has 3 N–H and O–H groups in total. The second-order valence-corrected chi connectivity index (χ2v) is 4.04. The number of nitrogens with two attached hydrogens (primary N) is 1. The largest absolute Gasteiger partial charge is 0.417 e. The number of aliphatic hydroxyl groups is 1. The standard InChI is InChI=1S/C10H9ClF5NO.ClH/c11-7-2-1-5(3-6(7)10(14,15)16)8(17)9(12,13)4-18;/h1-3,8,18H,4,17H2;1H/t8-;/m1./s1. The summed E-state index contributed by atoms with van der Waals surface area (Å²) in [5.41, 5.74) is 3.43. The van der Waals surface area contributed by atoms with Crippen molar-refractivity contribution in [2.24, 2.45) is 5.73 Å². The monoisotopic (exact) mass is 325 g/mol. The zero-order valence-corrected chi connectivity index (χ0v) is 10.8. The average molecular weight is 326 g/mol. The summed E-state index contributed by atoms with van der Waals surface area (Å²) in [7, 11) is 0. The van der Waals surface area contributed by atoms with Crippen molar-refractivity contribution in [1.29, 1.82) is 0 Å². The zero-order valence-electron chi connectivity index (χ0n) is 9.22. The Morgan fingerprint density at radius 3 is 2.16 bits per heavy atom. The fourth-order valence-corrected chi connectivity index (χ4v) is 1.52. The van der Waals surface area contributed by atoms with Gasteiger partial charge in [0.15, 0.2) is 0 Å². The molecular formula is C10H10Cl2F5NO. The molecule has 110 valence electrons. The molecule has 0 aliphatic carbocycles. The van der Waals surface area contributed by atoms with Crippen LogP contribution in [-0.4, -0.2) is 17.6 Å². The maximum Gasteiger partial charge on any atom is 0.417 e. The molecule has 0 saturated carbocycles.